The van der Waals surface area contributed by atoms with Gasteiger partial charge >= 0.3 is 0 Å². The van der Waals surface area contributed by atoms with Gasteiger partial charge in [0, 0.05) is 30.1 Å². The molecule has 2 unspecified atom stereocenters. The summed E-state index contributed by atoms with van der Waals surface area (Å²) >= 11 is 1.85. The minimum absolute atomic E-state index is 0.526. The lowest BCUT2D eigenvalue weighted by molar-refractivity contribution is 0.260. The first kappa shape index (κ1) is 14.7. The number of hydrogen-bond donors (Lipinski definition) is 1. The minimum Gasteiger partial charge on any atom is -0.313 e. The molecule has 1 rings (SSSR count). The van der Waals surface area contributed by atoms with Crippen molar-refractivity contribution in [3.63, 3.8) is 0 Å². The molecule has 1 N–H and O–H groups in total. The molecular weight excluding hydrogens is 228 g/mol. The van der Waals surface area contributed by atoms with E-state index in [0.717, 1.165) is 13.1 Å². The van der Waals surface area contributed by atoms with Crippen molar-refractivity contribution in [1.29, 1.82) is 0 Å². The zero-order valence-corrected chi connectivity index (χ0v) is 12.4. The van der Waals surface area contributed by atoms with Gasteiger partial charge in [-0.1, -0.05) is 19.4 Å². The van der Waals surface area contributed by atoms with Crippen molar-refractivity contribution in [3.05, 3.63) is 22.4 Å². The highest BCUT2D eigenvalue weighted by atomic mass is 32.1. The Morgan fingerprint density at radius 1 is 1.41 bits per heavy atom. The highest BCUT2D eigenvalue weighted by Crippen LogP contribution is 2.22. The molecule has 0 saturated heterocycles. The van der Waals surface area contributed by atoms with Gasteiger partial charge in [-0.15, -0.1) is 11.3 Å². The summed E-state index contributed by atoms with van der Waals surface area (Å²) in [5, 5.41) is 5.73. The maximum absolute atomic E-state index is 3.58. The lowest BCUT2D eigenvalue weighted by Crippen LogP contribution is -2.35. The number of nitrogens with one attached hydrogen (secondary N) is 1. The molecule has 1 aromatic rings. The summed E-state index contributed by atoms with van der Waals surface area (Å²) in [7, 11) is 2.20. The Morgan fingerprint density at radius 3 is 2.76 bits per heavy atom. The number of thiophene rings is 1. The fourth-order valence-electron chi connectivity index (χ4n) is 1.96. The first-order chi connectivity index (χ1) is 8.15. The van der Waals surface area contributed by atoms with Crippen LogP contribution in [0, 0.1) is 0 Å². The summed E-state index contributed by atoms with van der Waals surface area (Å²) < 4.78 is 0. The molecule has 1 heterocycles. The molecule has 0 aliphatic carbocycles. The molecule has 0 aliphatic heterocycles. The van der Waals surface area contributed by atoms with E-state index in [9.17, 15) is 0 Å². The number of hydrogen-bond acceptors (Lipinski definition) is 3. The Balaban J connectivity index is 2.23. The van der Waals surface area contributed by atoms with Crippen LogP contribution in [0.15, 0.2) is 17.5 Å². The van der Waals surface area contributed by atoms with Gasteiger partial charge in [0.1, 0.15) is 0 Å². The van der Waals surface area contributed by atoms with Gasteiger partial charge < -0.3 is 5.32 Å². The zero-order chi connectivity index (χ0) is 12.7. The Morgan fingerprint density at radius 2 is 2.18 bits per heavy atom. The first-order valence-electron chi connectivity index (χ1n) is 6.62. The average molecular weight is 254 g/mol. The summed E-state index contributed by atoms with van der Waals surface area (Å²) in [6, 6.07) is 5.52. The van der Waals surface area contributed by atoms with Crippen LogP contribution in [0.4, 0.5) is 0 Å². The van der Waals surface area contributed by atoms with Crippen molar-refractivity contribution in [2.45, 2.75) is 45.7 Å². The van der Waals surface area contributed by atoms with Crippen LogP contribution in [-0.4, -0.2) is 31.1 Å². The van der Waals surface area contributed by atoms with Crippen LogP contribution in [0.5, 0.6) is 0 Å². The third kappa shape index (κ3) is 5.19. The molecular formula is C14H26N2S. The van der Waals surface area contributed by atoms with E-state index in [1.54, 1.807) is 0 Å². The van der Waals surface area contributed by atoms with Gasteiger partial charge in [-0.3, -0.25) is 4.90 Å². The summed E-state index contributed by atoms with van der Waals surface area (Å²) in [6.07, 6.45) is 2.53. The van der Waals surface area contributed by atoms with E-state index < -0.39 is 0 Å². The Kier molecular flexibility index (Phi) is 6.78. The fraction of sp³-hybridized carbons (Fsp3) is 0.714. The van der Waals surface area contributed by atoms with E-state index in [1.165, 1.54) is 17.7 Å². The molecule has 0 radical (unpaired) electrons. The summed E-state index contributed by atoms with van der Waals surface area (Å²) in [4.78, 5) is 3.87. The minimum atomic E-state index is 0.526. The molecule has 98 valence electrons. The van der Waals surface area contributed by atoms with Gasteiger partial charge in [0.25, 0.3) is 0 Å². The third-order valence-corrected chi connectivity index (χ3v) is 4.34. The van der Waals surface area contributed by atoms with Gasteiger partial charge in [0.15, 0.2) is 0 Å². The second-order valence-corrected chi connectivity index (χ2v) is 5.80. The molecule has 2 atom stereocenters. The molecule has 1 aromatic heterocycles. The van der Waals surface area contributed by atoms with E-state index in [4.69, 9.17) is 0 Å². The Bertz CT molecular complexity index is 284. The fourth-order valence-corrected chi connectivity index (χ4v) is 2.81. The SMILES string of the molecule is CCCC(C)NCCN(C)C(C)c1cccs1. The largest absolute Gasteiger partial charge is 0.313 e. The first-order valence-corrected chi connectivity index (χ1v) is 7.50. The molecule has 0 bridgehead atoms. The van der Waals surface area contributed by atoms with Crippen molar-refractivity contribution < 1.29 is 0 Å². The van der Waals surface area contributed by atoms with Gasteiger partial charge in [0.05, 0.1) is 0 Å². The lowest BCUT2D eigenvalue weighted by atomic mass is 10.2. The second-order valence-electron chi connectivity index (χ2n) is 4.82. The molecule has 0 amide bonds. The van der Waals surface area contributed by atoms with Crippen LogP contribution < -0.4 is 5.32 Å². The maximum Gasteiger partial charge on any atom is 0.0410 e. The Labute approximate surface area is 110 Å². The quantitative estimate of drug-likeness (QED) is 0.763. The molecule has 3 heteroatoms. The number of rotatable bonds is 8. The average Bonchev–Trinajstić information content (AvgIpc) is 2.81. The molecule has 0 saturated carbocycles. The number of nitrogens with zero attached hydrogens (tertiary/aromatic N) is 1. The standard InChI is InChI=1S/C14H26N2S/c1-5-7-12(2)15-9-10-16(4)13(3)14-8-6-11-17-14/h6,8,11-13,15H,5,7,9-10H2,1-4H3. The van der Waals surface area contributed by atoms with E-state index in [2.05, 4.69) is 55.5 Å². The predicted molar refractivity (Wildman–Crippen MR) is 77.7 cm³/mol. The second kappa shape index (κ2) is 7.85. The van der Waals surface area contributed by atoms with Crippen LogP contribution in [0.3, 0.4) is 0 Å². The normalized spacial score (nSPS) is 15.1. The lowest BCUT2D eigenvalue weighted by Gasteiger charge is -2.24. The summed E-state index contributed by atoms with van der Waals surface area (Å²) in [6.45, 7) is 8.97. The van der Waals surface area contributed by atoms with Gasteiger partial charge in [-0.05, 0) is 38.8 Å². The molecule has 0 aromatic carbocycles. The third-order valence-electron chi connectivity index (χ3n) is 3.30. The van der Waals surface area contributed by atoms with Gasteiger partial charge in [-0.25, -0.2) is 0 Å². The van der Waals surface area contributed by atoms with Crippen LogP contribution in [-0.2, 0) is 0 Å². The summed E-state index contributed by atoms with van der Waals surface area (Å²) in [5.41, 5.74) is 0. The molecule has 17 heavy (non-hydrogen) atoms. The summed E-state index contributed by atoms with van der Waals surface area (Å²) in [5.74, 6) is 0. The van der Waals surface area contributed by atoms with Gasteiger partial charge in [-0.2, -0.15) is 0 Å². The van der Waals surface area contributed by atoms with Crippen molar-refractivity contribution in [1.82, 2.24) is 10.2 Å². The van der Waals surface area contributed by atoms with Crippen LogP contribution in [0.1, 0.15) is 44.5 Å². The van der Waals surface area contributed by atoms with Crippen LogP contribution in [0.25, 0.3) is 0 Å². The van der Waals surface area contributed by atoms with Crippen molar-refractivity contribution in [2.24, 2.45) is 0 Å². The Hall–Kier alpha value is -0.380. The van der Waals surface area contributed by atoms with Crippen LogP contribution in [0.2, 0.25) is 0 Å². The predicted octanol–water partition coefficient (Wildman–Crippen LogP) is 3.52. The van der Waals surface area contributed by atoms with E-state index >= 15 is 0 Å². The van der Waals surface area contributed by atoms with Crippen molar-refractivity contribution in [2.75, 3.05) is 20.1 Å². The zero-order valence-electron chi connectivity index (χ0n) is 11.6. The van der Waals surface area contributed by atoms with E-state index in [1.807, 2.05) is 11.3 Å². The molecule has 0 fully saturated rings. The molecule has 0 spiro atoms. The topological polar surface area (TPSA) is 15.3 Å². The highest BCUT2D eigenvalue weighted by molar-refractivity contribution is 7.10. The van der Waals surface area contributed by atoms with E-state index in [0.29, 0.717) is 12.1 Å². The molecule has 0 aliphatic rings. The maximum atomic E-state index is 3.58. The van der Waals surface area contributed by atoms with Gasteiger partial charge in [0.2, 0.25) is 0 Å². The smallest absolute Gasteiger partial charge is 0.0410 e. The number of likely N-dealkylation sites (N-methyl/N-ethyl adjacent to an activating group) is 1. The van der Waals surface area contributed by atoms with Crippen molar-refractivity contribution in [3.8, 4) is 0 Å². The highest BCUT2D eigenvalue weighted by Gasteiger charge is 2.12. The molecule has 2 nitrogen and oxygen atoms in total. The van der Waals surface area contributed by atoms with Crippen molar-refractivity contribution >= 4 is 11.3 Å². The monoisotopic (exact) mass is 254 g/mol. The van der Waals surface area contributed by atoms with Crippen LogP contribution >= 0.6 is 11.3 Å². The van der Waals surface area contributed by atoms with E-state index in [-0.39, 0.29) is 0 Å².